The average molecular weight is 333 g/mol. The molecule has 1 aromatic rings. The molecule has 3 heterocycles. The zero-order valence-electron chi connectivity index (χ0n) is 14.7. The fourth-order valence-electron chi connectivity index (χ4n) is 4.08. The van der Waals surface area contributed by atoms with Crippen molar-refractivity contribution in [3.05, 3.63) is 17.0 Å². The average Bonchev–Trinajstić information content (AvgIpc) is 3.34. The van der Waals surface area contributed by atoms with Crippen LogP contribution in [0.3, 0.4) is 0 Å². The third kappa shape index (κ3) is 3.22. The normalized spacial score (nSPS) is 28.5. The first kappa shape index (κ1) is 16.1. The zero-order chi connectivity index (χ0) is 16.7. The molecule has 3 aliphatic rings. The summed E-state index contributed by atoms with van der Waals surface area (Å²) >= 11 is 0. The summed E-state index contributed by atoms with van der Waals surface area (Å²) < 4.78 is 11.3. The van der Waals surface area contributed by atoms with Crippen LogP contribution >= 0.6 is 0 Å². The van der Waals surface area contributed by atoms with Gasteiger partial charge in [-0.1, -0.05) is 5.16 Å². The lowest BCUT2D eigenvalue weighted by molar-refractivity contribution is -0.0171. The number of carbonyl (C=O) groups is 1. The van der Waals surface area contributed by atoms with Crippen LogP contribution < -0.4 is 0 Å². The molecule has 0 aromatic carbocycles. The molecule has 0 spiro atoms. The van der Waals surface area contributed by atoms with Crippen molar-refractivity contribution in [2.75, 3.05) is 39.3 Å². The number of rotatable bonds is 3. The lowest BCUT2D eigenvalue weighted by Crippen LogP contribution is -2.49. The van der Waals surface area contributed by atoms with Gasteiger partial charge in [-0.15, -0.1) is 0 Å². The van der Waals surface area contributed by atoms with E-state index in [0.29, 0.717) is 29.5 Å². The van der Waals surface area contributed by atoms with Crippen LogP contribution in [0.1, 0.15) is 41.1 Å². The molecule has 0 radical (unpaired) electrons. The molecule has 1 aliphatic carbocycles. The summed E-state index contributed by atoms with van der Waals surface area (Å²) in [7, 11) is 0. The molecule has 1 amide bonds. The largest absolute Gasteiger partial charge is 0.375 e. The van der Waals surface area contributed by atoms with Gasteiger partial charge in [0.25, 0.3) is 5.91 Å². The Bertz CT molecular complexity index is 591. The number of hydrogen-bond acceptors (Lipinski definition) is 5. The first-order valence-electron chi connectivity index (χ1n) is 9.18. The highest BCUT2D eigenvalue weighted by molar-refractivity contribution is 5.96. The zero-order valence-corrected chi connectivity index (χ0v) is 14.7. The third-order valence-corrected chi connectivity index (χ3v) is 5.68. The number of nitrogens with zero attached hydrogens (tertiary/aromatic N) is 3. The van der Waals surface area contributed by atoms with E-state index in [1.165, 1.54) is 19.4 Å². The monoisotopic (exact) mass is 333 g/mol. The lowest BCUT2D eigenvalue weighted by Gasteiger charge is -2.38. The molecule has 1 aromatic heterocycles. The van der Waals surface area contributed by atoms with Crippen molar-refractivity contribution in [3.8, 4) is 0 Å². The molecule has 0 bridgehead atoms. The minimum absolute atomic E-state index is 0.0346. The molecule has 6 nitrogen and oxygen atoms in total. The Labute approximate surface area is 143 Å². The Balaban J connectivity index is 1.41. The van der Waals surface area contributed by atoms with Crippen LogP contribution in [-0.4, -0.2) is 66.3 Å². The molecule has 2 atom stereocenters. The van der Waals surface area contributed by atoms with Gasteiger partial charge in [0.05, 0.1) is 18.4 Å². The van der Waals surface area contributed by atoms with Crippen LogP contribution in [0.4, 0.5) is 0 Å². The Morgan fingerprint density at radius 2 is 2.04 bits per heavy atom. The standard InChI is InChI=1S/C18H27N3O3/c1-12-17(13(2)24-19-12)18(22)21-6-5-15-10-20(9-14-3-4-14)7-8-23-16(15)11-21/h14-16H,3-11H2,1-2H3/t15-,16-/m0/s1. The predicted molar refractivity (Wildman–Crippen MR) is 88.9 cm³/mol. The van der Waals surface area contributed by atoms with Gasteiger partial charge in [-0.3, -0.25) is 4.79 Å². The summed E-state index contributed by atoms with van der Waals surface area (Å²) in [6, 6.07) is 0. The molecule has 2 saturated heterocycles. The van der Waals surface area contributed by atoms with Gasteiger partial charge >= 0.3 is 0 Å². The second-order valence-corrected chi connectivity index (χ2v) is 7.61. The highest BCUT2D eigenvalue weighted by Gasteiger charge is 2.37. The molecular formula is C18H27N3O3. The fraction of sp³-hybridized carbons (Fsp3) is 0.778. The predicted octanol–water partition coefficient (Wildman–Crippen LogP) is 1.86. The SMILES string of the molecule is Cc1noc(C)c1C(=O)N1CC[C@H]2CN(CC3CC3)CCO[C@H]2C1. The van der Waals surface area contributed by atoms with Gasteiger partial charge in [-0.05, 0) is 39.0 Å². The Morgan fingerprint density at radius 1 is 1.21 bits per heavy atom. The minimum atomic E-state index is 0.0346. The van der Waals surface area contributed by atoms with E-state index in [1.54, 1.807) is 6.92 Å². The molecule has 24 heavy (non-hydrogen) atoms. The number of carbonyl (C=O) groups excluding carboxylic acids is 1. The summed E-state index contributed by atoms with van der Waals surface area (Å²) in [4.78, 5) is 17.3. The van der Waals surface area contributed by atoms with E-state index in [1.807, 2.05) is 11.8 Å². The minimum Gasteiger partial charge on any atom is -0.375 e. The second kappa shape index (κ2) is 6.48. The van der Waals surface area contributed by atoms with Crippen molar-refractivity contribution in [1.29, 1.82) is 0 Å². The van der Waals surface area contributed by atoms with Crippen molar-refractivity contribution < 1.29 is 14.1 Å². The van der Waals surface area contributed by atoms with Gasteiger partial charge < -0.3 is 19.1 Å². The van der Waals surface area contributed by atoms with Crippen LogP contribution in [0.2, 0.25) is 0 Å². The summed E-state index contributed by atoms with van der Waals surface area (Å²) in [5, 5.41) is 3.91. The van der Waals surface area contributed by atoms with Crippen molar-refractivity contribution in [3.63, 3.8) is 0 Å². The Morgan fingerprint density at radius 3 is 2.75 bits per heavy atom. The molecule has 3 fully saturated rings. The maximum Gasteiger partial charge on any atom is 0.259 e. The molecular weight excluding hydrogens is 306 g/mol. The second-order valence-electron chi connectivity index (χ2n) is 7.61. The quantitative estimate of drug-likeness (QED) is 0.845. The van der Waals surface area contributed by atoms with Gasteiger partial charge in [-0.2, -0.15) is 0 Å². The summed E-state index contributed by atoms with van der Waals surface area (Å²) in [6.45, 7) is 9.27. The van der Waals surface area contributed by atoms with E-state index < -0.39 is 0 Å². The highest BCUT2D eigenvalue weighted by atomic mass is 16.5. The topological polar surface area (TPSA) is 58.8 Å². The van der Waals surface area contributed by atoms with Crippen molar-refractivity contribution in [1.82, 2.24) is 15.0 Å². The summed E-state index contributed by atoms with van der Waals surface area (Å²) in [6.07, 6.45) is 3.96. The van der Waals surface area contributed by atoms with Crippen LogP contribution in [0.15, 0.2) is 4.52 Å². The summed E-state index contributed by atoms with van der Waals surface area (Å²) in [5.41, 5.74) is 1.30. The van der Waals surface area contributed by atoms with Gasteiger partial charge in [0.15, 0.2) is 0 Å². The first-order valence-corrected chi connectivity index (χ1v) is 9.18. The number of ether oxygens (including phenoxy) is 1. The molecule has 6 heteroatoms. The van der Waals surface area contributed by atoms with Gasteiger partial charge in [0.2, 0.25) is 0 Å². The van der Waals surface area contributed by atoms with Crippen LogP contribution in [-0.2, 0) is 4.74 Å². The molecule has 0 unspecified atom stereocenters. The van der Waals surface area contributed by atoms with E-state index in [2.05, 4.69) is 10.1 Å². The van der Waals surface area contributed by atoms with Crippen LogP contribution in [0, 0.1) is 25.7 Å². The fourth-order valence-corrected chi connectivity index (χ4v) is 4.08. The lowest BCUT2D eigenvalue weighted by atomic mass is 9.92. The Kier molecular flexibility index (Phi) is 4.35. The van der Waals surface area contributed by atoms with Gasteiger partial charge in [0.1, 0.15) is 11.3 Å². The van der Waals surface area contributed by atoms with E-state index in [-0.39, 0.29) is 12.0 Å². The maximum atomic E-state index is 12.8. The first-order chi connectivity index (χ1) is 11.6. The molecule has 1 saturated carbocycles. The van der Waals surface area contributed by atoms with E-state index in [4.69, 9.17) is 9.26 Å². The van der Waals surface area contributed by atoms with Crippen molar-refractivity contribution in [2.24, 2.45) is 11.8 Å². The third-order valence-electron chi connectivity index (χ3n) is 5.68. The summed E-state index contributed by atoms with van der Waals surface area (Å²) in [5.74, 6) is 2.10. The van der Waals surface area contributed by atoms with Crippen molar-refractivity contribution >= 4 is 5.91 Å². The number of likely N-dealkylation sites (tertiary alicyclic amines) is 1. The number of fused-ring (bicyclic) bond motifs is 1. The van der Waals surface area contributed by atoms with Crippen molar-refractivity contribution in [2.45, 2.75) is 39.2 Å². The van der Waals surface area contributed by atoms with Gasteiger partial charge in [0, 0.05) is 38.6 Å². The van der Waals surface area contributed by atoms with E-state index in [9.17, 15) is 4.79 Å². The maximum absolute atomic E-state index is 12.8. The number of aryl methyl sites for hydroxylation is 2. The molecule has 2 aliphatic heterocycles. The number of piperidine rings is 1. The number of amides is 1. The van der Waals surface area contributed by atoms with Crippen LogP contribution in [0.25, 0.3) is 0 Å². The van der Waals surface area contributed by atoms with Crippen LogP contribution in [0.5, 0.6) is 0 Å². The Hall–Kier alpha value is -1.40. The molecule has 0 N–H and O–H groups in total. The highest BCUT2D eigenvalue weighted by Crippen LogP contribution is 2.32. The number of hydrogen-bond donors (Lipinski definition) is 0. The smallest absolute Gasteiger partial charge is 0.259 e. The van der Waals surface area contributed by atoms with E-state index >= 15 is 0 Å². The molecule has 4 rings (SSSR count). The number of aromatic nitrogens is 1. The van der Waals surface area contributed by atoms with E-state index in [0.717, 1.165) is 38.6 Å². The molecule has 132 valence electrons. The van der Waals surface area contributed by atoms with Gasteiger partial charge in [-0.25, -0.2) is 0 Å².